The summed E-state index contributed by atoms with van der Waals surface area (Å²) in [6, 6.07) is 3.97. The van der Waals surface area contributed by atoms with Gasteiger partial charge in [0.1, 0.15) is 11.9 Å². The number of nitrogens with one attached hydrogen (secondary N) is 1. The first-order valence-electron chi connectivity index (χ1n) is 10.3. The molecule has 3 rings (SSSR count). The molecule has 11 heteroatoms. The maximum absolute atomic E-state index is 12.7. The highest BCUT2D eigenvalue weighted by atomic mass is 32.1. The van der Waals surface area contributed by atoms with E-state index in [1.807, 2.05) is 13.8 Å². The van der Waals surface area contributed by atoms with E-state index in [1.54, 1.807) is 26.0 Å². The van der Waals surface area contributed by atoms with E-state index in [2.05, 4.69) is 19.4 Å². The highest BCUT2D eigenvalue weighted by molar-refractivity contribution is 7.09. The highest BCUT2D eigenvalue weighted by Crippen LogP contribution is 2.36. The van der Waals surface area contributed by atoms with Crippen molar-refractivity contribution in [2.45, 2.75) is 58.6 Å². The lowest BCUT2D eigenvalue weighted by Gasteiger charge is -2.23. The Labute approximate surface area is 189 Å². The normalized spacial score (nSPS) is 17.2. The Kier molecular flexibility index (Phi) is 7.60. The number of rotatable bonds is 9. The van der Waals surface area contributed by atoms with Crippen LogP contribution in [0.15, 0.2) is 18.2 Å². The SMILES string of the molecule is CCOc1cc(C2CC(=O)N(C(C)C(=O)Nc3nc(C(C)C)ns3)C2)ccc1OC(F)F. The smallest absolute Gasteiger partial charge is 0.387 e. The van der Waals surface area contributed by atoms with Crippen LogP contribution in [0.4, 0.5) is 13.9 Å². The lowest BCUT2D eigenvalue weighted by Crippen LogP contribution is -2.42. The number of carbonyl (C=O) groups is 2. The van der Waals surface area contributed by atoms with Gasteiger partial charge in [0.15, 0.2) is 11.5 Å². The first-order chi connectivity index (χ1) is 15.2. The minimum Gasteiger partial charge on any atom is -0.490 e. The Morgan fingerprint density at radius 3 is 2.69 bits per heavy atom. The number of anilines is 1. The Morgan fingerprint density at radius 2 is 2.06 bits per heavy atom. The number of amides is 2. The first kappa shape index (κ1) is 23.8. The molecule has 0 spiro atoms. The molecular formula is C21H26F2N4O4S. The van der Waals surface area contributed by atoms with Gasteiger partial charge in [-0.1, -0.05) is 19.9 Å². The molecule has 0 aliphatic carbocycles. The van der Waals surface area contributed by atoms with Crippen molar-refractivity contribution in [1.82, 2.24) is 14.3 Å². The zero-order chi connectivity index (χ0) is 23.4. The second kappa shape index (κ2) is 10.2. The largest absolute Gasteiger partial charge is 0.490 e. The number of ether oxygens (including phenoxy) is 2. The van der Waals surface area contributed by atoms with Gasteiger partial charge in [-0.2, -0.15) is 13.2 Å². The van der Waals surface area contributed by atoms with Crippen molar-refractivity contribution in [2.24, 2.45) is 0 Å². The van der Waals surface area contributed by atoms with Crippen LogP contribution in [0.2, 0.25) is 0 Å². The van der Waals surface area contributed by atoms with Gasteiger partial charge < -0.3 is 14.4 Å². The summed E-state index contributed by atoms with van der Waals surface area (Å²) in [5.41, 5.74) is 0.754. The van der Waals surface area contributed by atoms with Crippen LogP contribution >= 0.6 is 11.5 Å². The third kappa shape index (κ3) is 5.50. The predicted molar refractivity (Wildman–Crippen MR) is 115 cm³/mol. The molecule has 1 aromatic carbocycles. The number of benzene rings is 1. The van der Waals surface area contributed by atoms with Gasteiger partial charge >= 0.3 is 6.61 Å². The van der Waals surface area contributed by atoms with Crippen LogP contribution in [-0.2, 0) is 9.59 Å². The van der Waals surface area contributed by atoms with Crippen LogP contribution in [0.1, 0.15) is 57.3 Å². The maximum atomic E-state index is 12.7. The number of nitrogens with zero attached hydrogens (tertiary/aromatic N) is 3. The van der Waals surface area contributed by atoms with Crippen LogP contribution in [0.25, 0.3) is 0 Å². The molecule has 0 radical (unpaired) electrons. The molecule has 1 aliphatic rings. The van der Waals surface area contributed by atoms with E-state index >= 15 is 0 Å². The van der Waals surface area contributed by atoms with E-state index in [0.29, 0.717) is 17.5 Å². The second-order valence-electron chi connectivity index (χ2n) is 7.74. The van der Waals surface area contributed by atoms with Crippen molar-refractivity contribution in [3.8, 4) is 11.5 Å². The number of halogens is 2. The molecule has 0 bridgehead atoms. The molecule has 1 fully saturated rings. The summed E-state index contributed by atoms with van der Waals surface area (Å²) < 4.78 is 39.4. The molecule has 174 valence electrons. The van der Waals surface area contributed by atoms with Gasteiger partial charge in [-0.3, -0.25) is 14.9 Å². The average molecular weight is 469 g/mol. The van der Waals surface area contributed by atoms with Crippen molar-refractivity contribution >= 4 is 28.5 Å². The Balaban J connectivity index is 1.69. The fourth-order valence-electron chi connectivity index (χ4n) is 3.44. The Morgan fingerprint density at radius 1 is 1.31 bits per heavy atom. The molecule has 1 saturated heterocycles. The fourth-order valence-corrected chi connectivity index (χ4v) is 4.15. The number of hydrogen-bond donors (Lipinski definition) is 1. The van der Waals surface area contributed by atoms with Crippen molar-refractivity contribution in [3.05, 3.63) is 29.6 Å². The molecule has 32 heavy (non-hydrogen) atoms. The quantitative estimate of drug-likeness (QED) is 0.598. The van der Waals surface area contributed by atoms with E-state index < -0.39 is 12.7 Å². The summed E-state index contributed by atoms with van der Waals surface area (Å²) >= 11 is 1.10. The third-order valence-electron chi connectivity index (χ3n) is 5.15. The Hall–Kier alpha value is -2.82. The second-order valence-corrected chi connectivity index (χ2v) is 8.49. The maximum Gasteiger partial charge on any atom is 0.387 e. The molecule has 2 atom stereocenters. The first-order valence-corrected chi connectivity index (χ1v) is 11.1. The summed E-state index contributed by atoms with van der Waals surface area (Å²) in [6.45, 7) is 4.95. The van der Waals surface area contributed by atoms with Crippen LogP contribution < -0.4 is 14.8 Å². The molecule has 1 aromatic heterocycles. The van der Waals surface area contributed by atoms with Gasteiger partial charge in [-0.05, 0) is 31.5 Å². The van der Waals surface area contributed by atoms with Gasteiger partial charge in [0.2, 0.25) is 16.9 Å². The van der Waals surface area contributed by atoms with Gasteiger partial charge in [0.25, 0.3) is 0 Å². The topological polar surface area (TPSA) is 93.7 Å². The molecule has 1 aliphatic heterocycles. The molecule has 2 aromatic rings. The fraction of sp³-hybridized carbons (Fsp3) is 0.524. The zero-order valence-corrected chi connectivity index (χ0v) is 19.1. The summed E-state index contributed by atoms with van der Waals surface area (Å²) in [7, 11) is 0. The number of alkyl halides is 2. The zero-order valence-electron chi connectivity index (χ0n) is 18.3. The predicted octanol–water partition coefficient (Wildman–Crippen LogP) is 4.00. The standard InChI is InChI=1S/C21H26F2N4O4S/c1-5-30-16-8-13(6-7-15(16)31-20(22)23)14-9-17(28)27(10-14)12(4)19(29)25-21-24-18(11(2)3)26-32-21/h6-8,11-12,14,20H,5,9-10H2,1-4H3,(H,24,25,26,29). The van der Waals surface area contributed by atoms with Gasteiger partial charge in [0, 0.05) is 36.3 Å². The Bertz CT molecular complexity index is 969. The molecular weight excluding hydrogens is 442 g/mol. The van der Waals surface area contributed by atoms with Crippen molar-refractivity contribution in [3.63, 3.8) is 0 Å². The van der Waals surface area contributed by atoms with E-state index in [9.17, 15) is 18.4 Å². The monoisotopic (exact) mass is 468 g/mol. The van der Waals surface area contributed by atoms with Crippen molar-refractivity contribution in [2.75, 3.05) is 18.5 Å². The van der Waals surface area contributed by atoms with Crippen LogP contribution in [-0.4, -0.2) is 51.9 Å². The molecule has 2 amide bonds. The van der Waals surface area contributed by atoms with Crippen LogP contribution in [0, 0.1) is 0 Å². The minimum absolute atomic E-state index is 0.0580. The lowest BCUT2D eigenvalue weighted by molar-refractivity contribution is -0.134. The summed E-state index contributed by atoms with van der Waals surface area (Å²) in [5.74, 6) is 0.224. The summed E-state index contributed by atoms with van der Waals surface area (Å²) in [5, 5.41) is 3.12. The van der Waals surface area contributed by atoms with E-state index in [1.165, 1.54) is 11.0 Å². The summed E-state index contributed by atoms with van der Waals surface area (Å²) in [6.07, 6.45) is 0.203. The molecule has 2 heterocycles. The van der Waals surface area contributed by atoms with Gasteiger partial charge in [0.05, 0.1) is 6.61 Å². The minimum atomic E-state index is -2.97. The van der Waals surface area contributed by atoms with Gasteiger partial charge in [-0.15, -0.1) is 0 Å². The van der Waals surface area contributed by atoms with Gasteiger partial charge in [-0.25, -0.2) is 4.98 Å². The van der Waals surface area contributed by atoms with Crippen LogP contribution in [0.5, 0.6) is 11.5 Å². The van der Waals surface area contributed by atoms with E-state index in [0.717, 1.165) is 17.1 Å². The highest BCUT2D eigenvalue weighted by Gasteiger charge is 2.36. The molecule has 0 saturated carbocycles. The molecule has 2 unspecified atom stereocenters. The number of carbonyl (C=O) groups excluding carboxylic acids is 2. The van der Waals surface area contributed by atoms with E-state index in [4.69, 9.17) is 4.74 Å². The number of aromatic nitrogens is 2. The number of likely N-dealkylation sites (tertiary alicyclic amines) is 1. The summed E-state index contributed by atoms with van der Waals surface area (Å²) in [4.78, 5) is 31.1. The van der Waals surface area contributed by atoms with E-state index in [-0.39, 0.29) is 48.2 Å². The van der Waals surface area contributed by atoms with Crippen molar-refractivity contribution < 1.29 is 27.8 Å². The number of hydrogen-bond acceptors (Lipinski definition) is 7. The van der Waals surface area contributed by atoms with Crippen molar-refractivity contribution in [1.29, 1.82) is 0 Å². The molecule has 8 nitrogen and oxygen atoms in total. The third-order valence-corrected chi connectivity index (χ3v) is 5.79. The molecule has 1 N–H and O–H groups in total. The van der Waals surface area contributed by atoms with Crippen LogP contribution in [0.3, 0.4) is 0 Å². The lowest BCUT2D eigenvalue weighted by atomic mass is 9.98. The average Bonchev–Trinajstić information content (AvgIpc) is 3.35.